The van der Waals surface area contributed by atoms with E-state index in [9.17, 15) is 13.2 Å². The zero-order valence-corrected chi connectivity index (χ0v) is 19.7. The first-order valence-electron chi connectivity index (χ1n) is 10.0. The molecule has 30 heavy (non-hydrogen) atoms. The van der Waals surface area contributed by atoms with Gasteiger partial charge in [0.05, 0.1) is 11.4 Å². The van der Waals surface area contributed by atoms with E-state index in [4.69, 9.17) is 0 Å². The summed E-state index contributed by atoms with van der Waals surface area (Å²) in [6.45, 7) is 3.68. The molecule has 0 saturated carbocycles. The van der Waals surface area contributed by atoms with Gasteiger partial charge < -0.3 is 10.2 Å². The standard InChI is InChI=1S/C22H28BrN3O3S/c1-17-3-9-21(10-4-17)30(28,29)26(15-18-5-7-19(23)8-6-18)16-22(27)24-20-11-13-25(2)14-12-20/h3-10,20H,11-16H2,1-2H3,(H,24,27). The molecular formula is C22H28BrN3O3S. The highest BCUT2D eigenvalue weighted by Gasteiger charge is 2.28. The number of piperidine rings is 1. The molecule has 0 aromatic heterocycles. The first-order chi connectivity index (χ1) is 14.2. The summed E-state index contributed by atoms with van der Waals surface area (Å²) in [6.07, 6.45) is 1.75. The lowest BCUT2D eigenvalue weighted by atomic mass is 10.1. The number of carbonyl (C=O) groups is 1. The second kappa shape index (κ2) is 10.0. The Kier molecular flexibility index (Phi) is 7.68. The Morgan fingerprint density at radius 3 is 2.30 bits per heavy atom. The summed E-state index contributed by atoms with van der Waals surface area (Å²) in [4.78, 5) is 15.2. The lowest BCUT2D eigenvalue weighted by Gasteiger charge is -2.30. The van der Waals surface area contributed by atoms with Crippen molar-refractivity contribution >= 4 is 31.9 Å². The van der Waals surface area contributed by atoms with E-state index in [-0.39, 0.29) is 29.9 Å². The minimum absolute atomic E-state index is 0.0882. The average Bonchev–Trinajstić information content (AvgIpc) is 2.71. The summed E-state index contributed by atoms with van der Waals surface area (Å²) in [5.74, 6) is -0.266. The molecule has 1 aliphatic heterocycles. The maximum atomic E-state index is 13.3. The highest BCUT2D eigenvalue weighted by molar-refractivity contribution is 9.10. The molecule has 2 aromatic rings. The van der Waals surface area contributed by atoms with Gasteiger partial charge in [-0.15, -0.1) is 0 Å². The van der Waals surface area contributed by atoms with Gasteiger partial charge in [0.2, 0.25) is 15.9 Å². The Balaban J connectivity index is 1.78. The molecule has 1 heterocycles. The van der Waals surface area contributed by atoms with Gasteiger partial charge >= 0.3 is 0 Å². The topological polar surface area (TPSA) is 69.7 Å². The van der Waals surface area contributed by atoms with Crippen LogP contribution in [0.25, 0.3) is 0 Å². The third-order valence-electron chi connectivity index (χ3n) is 5.33. The molecule has 0 unspecified atom stereocenters. The average molecular weight is 494 g/mol. The molecule has 1 saturated heterocycles. The zero-order valence-electron chi connectivity index (χ0n) is 17.3. The van der Waals surface area contributed by atoms with Crippen molar-refractivity contribution in [3.63, 3.8) is 0 Å². The van der Waals surface area contributed by atoms with E-state index >= 15 is 0 Å². The van der Waals surface area contributed by atoms with Gasteiger partial charge in [0.25, 0.3) is 0 Å². The van der Waals surface area contributed by atoms with Gasteiger partial charge in [0, 0.05) is 17.1 Å². The second-order valence-corrected chi connectivity index (χ2v) is 10.7. The number of rotatable bonds is 7. The van der Waals surface area contributed by atoms with Crippen molar-refractivity contribution in [3.05, 3.63) is 64.1 Å². The van der Waals surface area contributed by atoms with Crippen molar-refractivity contribution in [2.75, 3.05) is 26.7 Å². The molecule has 0 spiro atoms. The molecule has 0 atom stereocenters. The molecule has 0 aliphatic carbocycles. The van der Waals surface area contributed by atoms with Gasteiger partial charge in [0.15, 0.2) is 0 Å². The summed E-state index contributed by atoms with van der Waals surface area (Å²) >= 11 is 3.39. The van der Waals surface area contributed by atoms with Crippen LogP contribution in [0.3, 0.4) is 0 Å². The Morgan fingerprint density at radius 1 is 1.10 bits per heavy atom. The quantitative estimate of drug-likeness (QED) is 0.642. The molecule has 1 aliphatic rings. The second-order valence-electron chi connectivity index (χ2n) is 7.86. The number of hydrogen-bond acceptors (Lipinski definition) is 4. The van der Waals surface area contributed by atoms with Crippen molar-refractivity contribution in [1.82, 2.24) is 14.5 Å². The number of amides is 1. The number of nitrogens with zero attached hydrogens (tertiary/aromatic N) is 2. The molecule has 1 amide bonds. The van der Waals surface area contributed by atoms with Crippen molar-refractivity contribution in [3.8, 4) is 0 Å². The van der Waals surface area contributed by atoms with Gasteiger partial charge in [-0.3, -0.25) is 4.79 Å². The van der Waals surface area contributed by atoms with Crippen LogP contribution >= 0.6 is 15.9 Å². The van der Waals surface area contributed by atoms with Crippen LogP contribution in [0.1, 0.15) is 24.0 Å². The number of sulfonamides is 1. The number of aryl methyl sites for hydroxylation is 1. The highest BCUT2D eigenvalue weighted by Crippen LogP contribution is 2.20. The van der Waals surface area contributed by atoms with E-state index in [0.29, 0.717) is 0 Å². The van der Waals surface area contributed by atoms with Gasteiger partial charge in [-0.25, -0.2) is 8.42 Å². The number of benzene rings is 2. The summed E-state index contributed by atoms with van der Waals surface area (Å²) in [5.41, 5.74) is 1.80. The third-order valence-corrected chi connectivity index (χ3v) is 7.67. The van der Waals surface area contributed by atoms with E-state index in [1.165, 1.54) is 4.31 Å². The molecule has 2 aromatic carbocycles. The molecule has 1 fully saturated rings. The predicted octanol–water partition coefficient (Wildman–Crippen LogP) is 3.16. The smallest absolute Gasteiger partial charge is 0.243 e. The van der Waals surface area contributed by atoms with E-state index in [2.05, 4.69) is 33.2 Å². The maximum absolute atomic E-state index is 13.3. The zero-order chi connectivity index (χ0) is 21.7. The molecule has 6 nitrogen and oxygen atoms in total. The van der Waals surface area contributed by atoms with Crippen LogP contribution in [0.2, 0.25) is 0 Å². The molecule has 0 radical (unpaired) electrons. The van der Waals surface area contributed by atoms with E-state index in [1.807, 2.05) is 31.2 Å². The number of likely N-dealkylation sites (tertiary alicyclic amines) is 1. The SMILES string of the molecule is Cc1ccc(S(=O)(=O)N(CC(=O)NC2CCN(C)CC2)Cc2ccc(Br)cc2)cc1. The molecule has 3 rings (SSSR count). The summed E-state index contributed by atoms with van der Waals surface area (Å²) in [7, 11) is -1.76. The van der Waals surface area contributed by atoms with Crippen LogP contribution < -0.4 is 5.32 Å². The summed E-state index contributed by atoms with van der Waals surface area (Å²) < 4.78 is 28.8. The number of carbonyl (C=O) groups excluding carboxylic acids is 1. The molecular weight excluding hydrogens is 466 g/mol. The van der Waals surface area contributed by atoms with Gasteiger partial charge in [-0.1, -0.05) is 45.8 Å². The van der Waals surface area contributed by atoms with Gasteiger partial charge in [-0.05, 0) is 69.7 Å². The Morgan fingerprint density at radius 2 is 1.70 bits per heavy atom. The summed E-state index contributed by atoms with van der Waals surface area (Å²) in [5, 5.41) is 3.02. The van der Waals surface area contributed by atoms with Crippen LogP contribution in [0.15, 0.2) is 57.9 Å². The van der Waals surface area contributed by atoms with Crippen molar-refractivity contribution in [2.24, 2.45) is 0 Å². The minimum Gasteiger partial charge on any atom is -0.352 e. The van der Waals surface area contributed by atoms with Crippen molar-refractivity contribution < 1.29 is 13.2 Å². The van der Waals surface area contributed by atoms with Crippen molar-refractivity contribution in [1.29, 1.82) is 0 Å². The third kappa shape index (κ3) is 6.14. The summed E-state index contributed by atoms with van der Waals surface area (Å²) in [6, 6.07) is 14.3. The molecule has 1 N–H and O–H groups in total. The van der Waals surface area contributed by atoms with Crippen LogP contribution in [-0.2, 0) is 21.4 Å². The van der Waals surface area contributed by atoms with E-state index in [1.54, 1.807) is 24.3 Å². The van der Waals surface area contributed by atoms with Crippen LogP contribution in [-0.4, -0.2) is 56.3 Å². The Hall–Kier alpha value is -1.74. The first-order valence-corrected chi connectivity index (χ1v) is 12.3. The van der Waals surface area contributed by atoms with E-state index < -0.39 is 10.0 Å². The minimum atomic E-state index is -3.82. The van der Waals surface area contributed by atoms with Crippen LogP contribution in [0.4, 0.5) is 0 Å². The predicted molar refractivity (Wildman–Crippen MR) is 122 cm³/mol. The normalized spacial score (nSPS) is 16.0. The lowest BCUT2D eigenvalue weighted by Crippen LogP contribution is -2.47. The van der Waals surface area contributed by atoms with Gasteiger partial charge in [0.1, 0.15) is 0 Å². The number of hydrogen-bond donors (Lipinski definition) is 1. The number of nitrogens with one attached hydrogen (secondary N) is 1. The number of halogens is 1. The Labute approximate surface area is 187 Å². The Bertz CT molecular complexity index is 954. The highest BCUT2D eigenvalue weighted by atomic mass is 79.9. The fourth-order valence-electron chi connectivity index (χ4n) is 3.47. The molecule has 0 bridgehead atoms. The first kappa shape index (κ1) is 22.9. The van der Waals surface area contributed by atoms with Gasteiger partial charge in [-0.2, -0.15) is 4.31 Å². The van der Waals surface area contributed by atoms with E-state index in [0.717, 1.165) is 41.5 Å². The van der Waals surface area contributed by atoms with Crippen LogP contribution in [0, 0.1) is 6.92 Å². The molecule has 162 valence electrons. The monoisotopic (exact) mass is 493 g/mol. The fourth-order valence-corrected chi connectivity index (χ4v) is 5.11. The lowest BCUT2D eigenvalue weighted by molar-refractivity contribution is -0.122. The molecule has 8 heteroatoms. The largest absolute Gasteiger partial charge is 0.352 e. The van der Waals surface area contributed by atoms with Crippen LogP contribution in [0.5, 0.6) is 0 Å². The van der Waals surface area contributed by atoms with Crippen molar-refractivity contribution in [2.45, 2.75) is 37.2 Å². The maximum Gasteiger partial charge on any atom is 0.243 e. The fraction of sp³-hybridized carbons (Fsp3) is 0.409.